The molecule has 0 aromatic carbocycles. The Bertz CT molecular complexity index is 615. The normalized spacial score (nSPS) is 22.8. The van der Waals surface area contributed by atoms with Crippen molar-refractivity contribution in [2.24, 2.45) is 5.41 Å². The maximum atomic E-state index is 12.5. The van der Waals surface area contributed by atoms with E-state index in [9.17, 15) is 4.79 Å². The molecule has 1 atom stereocenters. The van der Waals surface area contributed by atoms with Crippen LogP contribution in [-0.4, -0.2) is 51.9 Å². The van der Waals surface area contributed by atoms with Gasteiger partial charge in [0.1, 0.15) is 11.1 Å². The number of nitrogens with zero attached hydrogens (tertiary/aromatic N) is 2. The van der Waals surface area contributed by atoms with E-state index in [1.165, 1.54) is 22.9 Å². The summed E-state index contributed by atoms with van der Waals surface area (Å²) in [7, 11) is 1.64. The number of nitrogens with one attached hydrogen (secondary N) is 1. The van der Waals surface area contributed by atoms with Gasteiger partial charge in [0.2, 0.25) is 0 Å². The van der Waals surface area contributed by atoms with Gasteiger partial charge in [0, 0.05) is 18.5 Å². The van der Waals surface area contributed by atoms with Gasteiger partial charge in [-0.1, -0.05) is 33.1 Å². The second-order valence-electron chi connectivity index (χ2n) is 7.81. The minimum absolute atomic E-state index is 0.00236. The van der Waals surface area contributed by atoms with Crippen molar-refractivity contribution in [1.82, 2.24) is 8.38 Å². The van der Waals surface area contributed by atoms with Gasteiger partial charge in [-0.25, -0.2) is 9.10 Å². The molecule has 1 amide bonds. The Kier molecular flexibility index (Phi) is 9.79. The van der Waals surface area contributed by atoms with Gasteiger partial charge in [-0.05, 0) is 44.4 Å². The van der Waals surface area contributed by atoms with Crippen LogP contribution < -0.4 is 0 Å². The van der Waals surface area contributed by atoms with Crippen LogP contribution in [0.15, 0.2) is 0 Å². The van der Waals surface area contributed by atoms with Gasteiger partial charge in [0.25, 0.3) is 6.64 Å². The zero-order chi connectivity index (χ0) is 21.7. The first-order valence-corrected chi connectivity index (χ1v) is 14.0. The summed E-state index contributed by atoms with van der Waals surface area (Å²) in [6.45, 7) is 4.38. The van der Waals surface area contributed by atoms with Crippen LogP contribution in [0.4, 0.5) is 4.79 Å². The lowest BCUT2D eigenvalue weighted by molar-refractivity contribution is 0.0161. The molecule has 1 saturated carbocycles. The van der Waals surface area contributed by atoms with Crippen LogP contribution in [0.5, 0.6) is 0 Å². The standard InChI is InChI=1S/C18H34N3O4PS3/c1-5-18(6-2)12-23-26(28,24-13-18)21(15-10-8-7-9-11-15)29-20(4)17(22)25-14(3)16(19)27/h14-15H,5-13H2,1-4H3,(H2,19,27). The summed E-state index contributed by atoms with van der Waals surface area (Å²) in [5.74, 6) is 0. The summed E-state index contributed by atoms with van der Waals surface area (Å²) in [4.78, 5) is 12.5. The fourth-order valence-electron chi connectivity index (χ4n) is 3.34. The van der Waals surface area contributed by atoms with Crippen LogP contribution in [0, 0.1) is 10.8 Å². The maximum Gasteiger partial charge on any atom is 0.421 e. The van der Waals surface area contributed by atoms with Crippen molar-refractivity contribution in [1.29, 1.82) is 5.41 Å². The molecule has 1 aliphatic carbocycles. The number of ether oxygens (including phenoxy) is 1. The molecule has 1 heterocycles. The largest absolute Gasteiger partial charge is 0.439 e. The Labute approximate surface area is 190 Å². The molecular formula is C18H34N3O4PS3. The summed E-state index contributed by atoms with van der Waals surface area (Å²) in [5, 5.41) is 7.50. The summed E-state index contributed by atoms with van der Waals surface area (Å²) >= 11 is 11.1. The van der Waals surface area contributed by atoms with Crippen molar-refractivity contribution in [3.8, 4) is 0 Å². The molecule has 1 N–H and O–H groups in total. The van der Waals surface area contributed by atoms with Gasteiger partial charge < -0.3 is 13.8 Å². The Hall–Kier alpha value is 0.170. The van der Waals surface area contributed by atoms with Gasteiger partial charge in [-0.2, -0.15) is 4.08 Å². The molecule has 1 saturated heterocycles. The minimum atomic E-state index is -2.72. The molecule has 1 unspecified atom stereocenters. The summed E-state index contributed by atoms with van der Waals surface area (Å²) in [6, 6.07) is 0.200. The first kappa shape index (κ1) is 25.4. The predicted molar refractivity (Wildman–Crippen MR) is 126 cm³/mol. The fourth-order valence-corrected chi connectivity index (χ4v) is 7.86. The van der Waals surface area contributed by atoms with Gasteiger partial charge in [0.05, 0.1) is 25.3 Å². The molecule has 168 valence electrons. The number of hydrogen-bond donors (Lipinski definition) is 2. The predicted octanol–water partition coefficient (Wildman–Crippen LogP) is 5.63. The van der Waals surface area contributed by atoms with E-state index in [2.05, 4.69) is 26.5 Å². The molecular weight excluding hydrogens is 449 g/mol. The van der Waals surface area contributed by atoms with Gasteiger partial charge >= 0.3 is 6.09 Å². The smallest absolute Gasteiger partial charge is 0.421 e. The molecule has 0 bridgehead atoms. The fraction of sp³-hybridized carbons (Fsp3) is 0.889. The third-order valence-electron chi connectivity index (χ3n) is 5.82. The van der Waals surface area contributed by atoms with E-state index in [0.717, 1.165) is 38.5 Å². The highest BCUT2D eigenvalue weighted by Crippen LogP contribution is 2.63. The van der Waals surface area contributed by atoms with Crippen LogP contribution in [0.25, 0.3) is 0 Å². The zero-order valence-corrected chi connectivity index (χ0v) is 21.2. The highest BCUT2D eigenvalue weighted by Gasteiger charge is 2.45. The maximum absolute atomic E-state index is 12.5. The quantitative estimate of drug-likeness (QED) is 0.152. The van der Waals surface area contributed by atoms with E-state index in [1.807, 2.05) is 4.08 Å². The molecule has 0 aromatic heterocycles. The number of amides is 1. The molecule has 1 aliphatic heterocycles. The third kappa shape index (κ3) is 6.57. The molecule has 29 heavy (non-hydrogen) atoms. The summed E-state index contributed by atoms with van der Waals surface area (Å²) in [6.07, 6.45) is 6.22. The van der Waals surface area contributed by atoms with Crippen LogP contribution >= 0.6 is 31.4 Å². The number of carbonyl (C=O) groups is 1. The highest BCUT2D eigenvalue weighted by atomic mass is 32.5. The van der Waals surface area contributed by atoms with Crippen molar-refractivity contribution in [2.45, 2.75) is 77.9 Å². The van der Waals surface area contributed by atoms with E-state index in [1.54, 1.807) is 14.0 Å². The molecule has 2 aliphatic rings. The molecule has 0 aromatic rings. The Morgan fingerprint density at radius 3 is 2.34 bits per heavy atom. The number of carbonyl (C=O) groups excluding carboxylic acids is 1. The van der Waals surface area contributed by atoms with Crippen LogP contribution in [-0.2, 0) is 25.6 Å². The summed E-state index contributed by atoms with van der Waals surface area (Å²) < 4.78 is 21.2. The molecule has 0 radical (unpaired) electrons. The zero-order valence-electron chi connectivity index (χ0n) is 17.8. The lowest BCUT2D eigenvalue weighted by Crippen LogP contribution is -2.41. The second kappa shape index (κ2) is 11.2. The first-order valence-electron chi connectivity index (χ1n) is 10.2. The van der Waals surface area contributed by atoms with E-state index in [-0.39, 0.29) is 16.5 Å². The Morgan fingerprint density at radius 2 is 1.86 bits per heavy atom. The number of rotatable bonds is 8. The van der Waals surface area contributed by atoms with Crippen LogP contribution in [0.2, 0.25) is 0 Å². The van der Waals surface area contributed by atoms with E-state index < -0.39 is 18.8 Å². The third-order valence-corrected chi connectivity index (χ3v) is 11.1. The second-order valence-corrected chi connectivity index (χ2v) is 12.9. The SMILES string of the molecule is CCC1(CC)COP(=S)(N(SN(C)C(=O)OC(C)C(=N)S)C2CCCCC2)OC1. The topological polar surface area (TPSA) is 75.1 Å². The average molecular weight is 484 g/mol. The lowest BCUT2D eigenvalue weighted by Gasteiger charge is -2.46. The first-order chi connectivity index (χ1) is 13.7. The molecule has 2 fully saturated rings. The number of hydrogen-bond acceptors (Lipinski definition) is 7. The molecule has 2 rings (SSSR count). The van der Waals surface area contributed by atoms with Gasteiger partial charge in [-0.15, -0.1) is 12.6 Å². The highest BCUT2D eigenvalue weighted by molar-refractivity contribution is 8.15. The van der Waals surface area contributed by atoms with Crippen molar-refractivity contribution < 1.29 is 18.6 Å². The van der Waals surface area contributed by atoms with E-state index in [0.29, 0.717) is 13.2 Å². The van der Waals surface area contributed by atoms with Crippen molar-refractivity contribution in [3.05, 3.63) is 0 Å². The van der Waals surface area contributed by atoms with Crippen molar-refractivity contribution in [2.75, 3.05) is 20.3 Å². The van der Waals surface area contributed by atoms with E-state index in [4.69, 9.17) is 31.0 Å². The Morgan fingerprint density at radius 1 is 1.31 bits per heavy atom. The molecule has 7 nitrogen and oxygen atoms in total. The number of thiol groups is 1. The van der Waals surface area contributed by atoms with Gasteiger partial charge in [-0.3, -0.25) is 5.41 Å². The monoisotopic (exact) mass is 483 g/mol. The Balaban J connectivity index is 2.14. The van der Waals surface area contributed by atoms with Crippen LogP contribution in [0.1, 0.15) is 65.7 Å². The van der Waals surface area contributed by atoms with Crippen LogP contribution in [0.3, 0.4) is 0 Å². The molecule has 11 heteroatoms. The minimum Gasteiger partial charge on any atom is -0.439 e. The van der Waals surface area contributed by atoms with E-state index >= 15 is 0 Å². The van der Waals surface area contributed by atoms with Gasteiger partial charge in [0.15, 0.2) is 0 Å². The molecule has 0 spiro atoms. The summed E-state index contributed by atoms with van der Waals surface area (Å²) in [5.41, 5.74) is 0.0123. The lowest BCUT2D eigenvalue weighted by atomic mass is 9.84. The van der Waals surface area contributed by atoms with Crippen molar-refractivity contribution >= 4 is 54.3 Å². The average Bonchev–Trinajstić information content (AvgIpc) is 2.73. The van der Waals surface area contributed by atoms with Crippen molar-refractivity contribution in [3.63, 3.8) is 0 Å².